The minimum Gasteiger partial charge on any atom is -0.334 e. The van der Waals surface area contributed by atoms with Gasteiger partial charge in [-0.1, -0.05) is 25.7 Å². The Morgan fingerprint density at radius 3 is 2.53 bits per heavy atom. The summed E-state index contributed by atoms with van der Waals surface area (Å²) in [5, 5.41) is 12.2. The largest absolute Gasteiger partial charge is 0.334 e. The predicted octanol–water partition coefficient (Wildman–Crippen LogP) is 2.57. The van der Waals surface area contributed by atoms with E-state index in [1.807, 2.05) is 0 Å². The third kappa shape index (κ3) is 3.28. The number of rotatable bonds is 2. The summed E-state index contributed by atoms with van der Waals surface area (Å²) in [7, 11) is 0. The fourth-order valence-electron chi connectivity index (χ4n) is 2.40. The first kappa shape index (κ1) is 13.5. The molecule has 1 amide bonds. The van der Waals surface area contributed by atoms with E-state index >= 15 is 0 Å². The van der Waals surface area contributed by atoms with Crippen molar-refractivity contribution in [3.8, 4) is 6.07 Å². The molecule has 0 saturated heterocycles. The SMILES string of the molecule is N#CC1(NC(=O)c2ccc(F)nc2)CCCCCC1. The number of hydrogen-bond acceptors (Lipinski definition) is 3. The van der Waals surface area contributed by atoms with Crippen LogP contribution in [0.2, 0.25) is 0 Å². The molecule has 0 atom stereocenters. The van der Waals surface area contributed by atoms with E-state index in [0.717, 1.165) is 31.7 Å². The summed E-state index contributed by atoms with van der Waals surface area (Å²) in [4.78, 5) is 15.5. The van der Waals surface area contributed by atoms with Gasteiger partial charge < -0.3 is 5.32 Å². The van der Waals surface area contributed by atoms with Crippen molar-refractivity contribution < 1.29 is 9.18 Å². The van der Waals surface area contributed by atoms with Gasteiger partial charge in [-0.25, -0.2) is 4.98 Å². The Morgan fingerprint density at radius 1 is 1.32 bits per heavy atom. The van der Waals surface area contributed by atoms with Gasteiger partial charge in [-0.05, 0) is 25.0 Å². The maximum Gasteiger partial charge on any atom is 0.254 e. The van der Waals surface area contributed by atoms with Crippen LogP contribution in [0.15, 0.2) is 18.3 Å². The normalized spacial score (nSPS) is 18.1. The standard InChI is InChI=1S/C14H16FN3O/c15-12-6-5-11(9-17-12)13(19)18-14(10-16)7-3-1-2-4-8-14/h5-6,9H,1-4,7-8H2,(H,18,19). The number of aromatic nitrogens is 1. The smallest absolute Gasteiger partial charge is 0.254 e. The van der Waals surface area contributed by atoms with Crippen LogP contribution in [0, 0.1) is 17.3 Å². The summed E-state index contributed by atoms with van der Waals surface area (Å²) in [5.41, 5.74) is -0.512. The molecule has 1 aliphatic carbocycles. The van der Waals surface area contributed by atoms with Gasteiger partial charge in [0, 0.05) is 6.20 Å². The molecule has 1 heterocycles. The van der Waals surface area contributed by atoms with Crippen molar-refractivity contribution in [3.05, 3.63) is 29.8 Å². The zero-order valence-electron chi connectivity index (χ0n) is 10.7. The van der Waals surface area contributed by atoms with Crippen molar-refractivity contribution in [2.75, 3.05) is 0 Å². The molecule has 19 heavy (non-hydrogen) atoms. The Bertz CT molecular complexity index is 484. The van der Waals surface area contributed by atoms with Crippen LogP contribution in [0.5, 0.6) is 0 Å². The first-order valence-electron chi connectivity index (χ1n) is 6.50. The third-order valence-electron chi connectivity index (χ3n) is 3.51. The minimum absolute atomic E-state index is 0.278. The number of nitriles is 1. The lowest BCUT2D eigenvalue weighted by molar-refractivity contribution is 0.0912. The van der Waals surface area contributed by atoms with Gasteiger partial charge in [-0.15, -0.1) is 0 Å². The molecule has 0 spiro atoms. The van der Waals surface area contributed by atoms with Crippen LogP contribution in [0.1, 0.15) is 48.9 Å². The molecule has 0 aliphatic heterocycles. The molecule has 1 fully saturated rings. The van der Waals surface area contributed by atoms with E-state index in [1.165, 1.54) is 12.3 Å². The number of halogens is 1. The molecule has 0 unspecified atom stereocenters. The van der Waals surface area contributed by atoms with E-state index in [4.69, 9.17) is 0 Å². The van der Waals surface area contributed by atoms with Crippen molar-refractivity contribution in [1.29, 1.82) is 5.26 Å². The lowest BCUT2D eigenvalue weighted by Crippen LogP contribution is -2.47. The number of nitrogens with zero attached hydrogens (tertiary/aromatic N) is 2. The number of amides is 1. The first-order valence-corrected chi connectivity index (χ1v) is 6.50. The van der Waals surface area contributed by atoms with E-state index in [1.54, 1.807) is 0 Å². The van der Waals surface area contributed by atoms with Crippen LogP contribution in [0.4, 0.5) is 4.39 Å². The number of pyridine rings is 1. The number of nitrogens with one attached hydrogen (secondary N) is 1. The number of carbonyl (C=O) groups excluding carboxylic acids is 1. The molecule has 4 nitrogen and oxygen atoms in total. The first-order chi connectivity index (χ1) is 9.15. The maximum atomic E-state index is 12.7. The average molecular weight is 261 g/mol. The summed E-state index contributed by atoms with van der Waals surface area (Å²) < 4.78 is 12.7. The van der Waals surface area contributed by atoms with Gasteiger partial charge in [0.05, 0.1) is 11.6 Å². The maximum absolute atomic E-state index is 12.7. The van der Waals surface area contributed by atoms with Crippen molar-refractivity contribution in [3.63, 3.8) is 0 Å². The van der Waals surface area contributed by atoms with Crippen LogP contribution < -0.4 is 5.32 Å². The van der Waals surface area contributed by atoms with E-state index in [0.29, 0.717) is 12.8 Å². The monoisotopic (exact) mass is 261 g/mol. The Morgan fingerprint density at radius 2 is 2.00 bits per heavy atom. The molecule has 5 heteroatoms. The van der Waals surface area contributed by atoms with Gasteiger partial charge in [0.2, 0.25) is 5.95 Å². The topological polar surface area (TPSA) is 65.8 Å². The summed E-state index contributed by atoms with van der Waals surface area (Å²) in [6.07, 6.45) is 6.60. The second-order valence-corrected chi connectivity index (χ2v) is 4.93. The highest BCUT2D eigenvalue weighted by atomic mass is 19.1. The molecule has 0 aromatic carbocycles. The second kappa shape index (κ2) is 5.79. The summed E-state index contributed by atoms with van der Waals surface area (Å²) >= 11 is 0. The van der Waals surface area contributed by atoms with Gasteiger partial charge in [-0.2, -0.15) is 9.65 Å². The van der Waals surface area contributed by atoms with Gasteiger partial charge in [-0.3, -0.25) is 4.79 Å². The zero-order chi connectivity index (χ0) is 13.7. The fraction of sp³-hybridized carbons (Fsp3) is 0.500. The van der Waals surface area contributed by atoms with Gasteiger partial charge in [0.15, 0.2) is 0 Å². The van der Waals surface area contributed by atoms with E-state index in [9.17, 15) is 14.4 Å². The molecule has 0 bridgehead atoms. The van der Waals surface area contributed by atoms with Gasteiger partial charge in [0.1, 0.15) is 5.54 Å². The number of hydrogen-bond donors (Lipinski definition) is 1. The highest BCUT2D eigenvalue weighted by Gasteiger charge is 2.32. The van der Waals surface area contributed by atoms with E-state index < -0.39 is 11.5 Å². The van der Waals surface area contributed by atoms with Gasteiger partial charge in [0.25, 0.3) is 5.91 Å². The molecule has 100 valence electrons. The van der Waals surface area contributed by atoms with Crippen molar-refractivity contribution in [2.45, 2.75) is 44.1 Å². The second-order valence-electron chi connectivity index (χ2n) is 4.93. The van der Waals surface area contributed by atoms with Crippen LogP contribution in [0.3, 0.4) is 0 Å². The molecule has 1 saturated carbocycles. The Labute approximate surface area is 111 Å². The molecule has 1 N–H and O–H groups in total. The number of carbonyl (C=O) groups is 1. The lowest BCUT2D eigenvalue weighted by atomic mass is 9.91. The lowest BCUT2D eigenvalue weighted by Gasteiger charge is -2.26. The van der Waals surface area contributed by atoms with Crippen molar-refractivity contribution in [2.24, 2.45) is 0 Å². The molecule has 1 aromatic heterocycles. The van der Waals surface area contributed by atoms with Crippen LogP contribution in [-0.4, -0.2) is 16.4 Å². The van der Waals surface area contributed by atoms with E-state index in [-0.39, 0.29) is 11.5 Å². The average Bonchev–Trinajstić information content (AvgIpc) is 2.65. The highest BCUT2D eigenvalue weighted by Crippen LogP contribution is 2.26. The minimum atomic E-state index is -0.790. The van der Waals surface area contributed by atoms with Crippen molar-refractivity contribution in [1.82, 2.24) is 10.3 Å². The summed E-state index contributed by atoms with van der Waals surface area (Å²) in [5.74, 6) is -0.989. The Balaban J connectivity index is 2.11. The molecule has 2 rings (SSSR count). The third-order valence-corrected chi connectivity index (χ3v) is 3.51. The summed E-state index contributed by atoms with van der Waals surface area (Å²) in [6, 6.07) is 4.76. The molecular weight excluding hydrogens is 245 g/mol. The predicted molar refractivity (Wildman–Crippen MR) is 67.7 cm³/mol. The quantitative estimate of drug-likeness (QED) is 0.657. The zero-order valence-corrected chi connectivity index (χ0v) is 10.7. The van der Waals surface area contributed by atoms with Crippen LogP contribution in [-0.2, 0) is 0 Å². The summed E-state index contributed by atoms with van der Waals surface area (Å²) in [6.45, 7) is 0. The highest BCUT2D eigenvalue weighted by molar-refractivity contribution is 5.94. The van der Waals surface area contributed by atoms with E-state index in [2.05, 4.69) is 16.4 Å². The molecule has 0 radical (unpaired) electrons. The molecule has 1 aromatic rings. The van der Waals surface area contributed by atoms with Crippen LogP contribution in [0.25, 0.3) is 0 Å². The Kier molecular flexibility index (Phi) is 4.10. The van der Waals surface area contributed by atoms with Crippen molar-refractivity contribution >= 4 is 5.91 Å². The molecule has 1 aliphatic rings. The van der Waals surface area contributed by atoms with Gasteiger partial charge >= 0.3 is 0 Å². The fourth-order valence-corrected chi connectivity index (χ4v) is 2.40. The Hall–Kier alpha value is -1.96. The van der Waals surface area contributed by atoms with Crippen LogP contribution >= 0.6 is 0 Å². The molecular formula is C14H16FN3O.